The molecular formula is C13H19ClO. The minimum atomic E-state index is 0.314. The lowest BCUT2D eigenvalue weighted by atomic mass is 9.90. The van der Waals surface area contributed by atoms with Crippen LogP contribution in [0.2, 0.25) is 5.02 Å². The van der Waals surface area contributed by atoms with Crippen LogP contribution in [0.3, 0.4) is 0 Å². The van der Waals surface area contributed by atoms with Gasteiger partial charge in [-0.05, 0) is 30.2 Å². The van der Waals surface area contributed by atoms with Crippen LogP contribution < -0.4 is 0 Å². The van der Waals surface area contributed by atoms with E-state index in [9.17, 15) is 0 Å². The van der Waals surface area contributed by atoms with E-state index in [0.717, 1.165) is 5.02 Å². The minimum absolute atomic E-state index is 0.314. The Hall–Kier alpha value is -0.530. The Balaban J connectivity index is 0.000000531. The molecule has 0 radical (unpaired) electrons. The van der Waals surface area contributed by atoms with Crippen LogP contribution in [0.1, 0.15) is 44.7 Å². The topological polar surface area (TPSA) is 9.23 Å². The SMILES string of the molecule is CC.CC1c2ccc(Cl)cc2CO[C@H]1C. The largest absolute Gasteiger partial charge is 0.373 e. The summed E-state index contributed by atoms with van der Waals surface area (Å²) in [6, 6.07) is 6.07. The highest BCUT2D eigenvalue weighted by Gasteiger charge is 2.23. The first kappa shape index (κ1) is 12.5. The molecule has 2 rings (SSSR count). The normalized spacial score (nSPS) is 23.8. The first-order valence-corrected chi connectivity index (χ1v) is 5.96. The maximum atomic E-state index is 5.91. The van der Waals surface area contributed by atoms with Gasteiger partial charge in [0.15, 0.2) is 0 Å². The van der Waals surface area contributed by atoms with Gasteiger partial charge in [0.2, 0.25) is 0 Å². The summed E-state index contributed by atoms with van der Waals surface area (Å²) < 4.78 is 5.61. The molecule has 0 bridgehead atoms. The second kappa shape index (κ2) is 5.53. The van der Waals surface area contributed by atoms with E-state index in [1.807, 2.05) is 26.0 Å². The van der Waals surface area contributed by atoms with Gasteiger partial charge in [0.05, 0.1) is 12.7 Å². The second-order valence-corrected chi connectivity index (χ2v) is 4.08. The predicted molar refractivity (Wildman–Crippen MR) is 65.5 cm³/mol. The Labute approximate surface area is 97.4 Å². The van der Waals surface area contributed by atoms with E-state index in [-0.39, 0.29) is 0 Å². The Morgan fingerprint density at radius 3 is 2.60 bits per heavy atom. The van der Waals surface area contributed by atoms with E-state index >= 15 is 0 Å². The summed E-state index contributed by atoms with van der Waals surface area (Å²) in [4.78, 5) is 0. The van der Waals surface area contributed by atoms with Crippen molar-refractivity contribution in [2.45, 2.75) is 46.3 Å². The third-order valence-corrected chi connectivity index (χ3v) is 3.04. The molecule has 0 saturated heterocycles. The number of ether oxygens (including phenoxy) is 1. The van der Waals surface area contributed by atoms with E-state index in [0.29, 0.717) is 18.6 Å². The summed E-state index contributed by atoms with van der Waals surface area (Å²) >= 11 is 5.91. The fraction of sp³-hybridized carbons (Fsp3) is 0.538. The van der Waals surface area contributed by atoms with E-state index in [1.54, 1.807) is 0 Å². The molecule has 2 heteroatoms. The molecule has 0 amide bonds. The number of halogens is 1. The van der Waals surface area contributed by atoms with Gasteiger partial charge in [-0.1, -0.05) is 38.4 Å². The Kier molecular flexibility index (Phi) is 4.62. The fourth-order valence-corrected chi connectivity index (χ4v) is 1.96. The van der Waals surface area contributed by atoms with Crippen LogP contribution in [0.15, 0.2) is 18.2 Å². The third-order valence-electron chi connectivity index (χ3n) is 2.80. The molecule has 2 atom stereocenters. The average molecular weight is 227 g/mol. The van der Waals surface area contributed by atoms with Gasteiger partial charge >= 0.3 is 0 Å². The molecule has 1 unspecified atom stereocenters. The molecule has 1 aliphatic rings. The molecule has 0 saturated carbocycles. The van der Waals surface area contributed by atoms with Gasteiger partial charge in [-0.3, -0.25) is 0 Å². The lowest BCUT2D eigenvalue weighted by Gasteiger charge is -2.29. The molecule has 1 aromatic rings. The van der Waals surface area contributed by atoms with Gasteiger partial charge in [-0.25, -0.2) is 0 Å². The first-order valence-electron chi connectivity index (χ1n) is 5.58. The number of fused-ring (bicyclic) bond motifs is 1. The highest BCUT2D eigenvalue weighted by atomic mass is 35.5. The first-order chi connectivity index (χ1) is 7.18. The Morgan fingerprint density at radius 2 is 1.93 bits per heavy atom. The zero-order valence-electron chi connectivity index (χ0n) is 9.88. The molecule has 84 valence electrons. The van der Waals surface area contributed by atoms with Crippen LogP contribution in [-0.2, 0) is 11.3 Å². The predicted octanol–water partition coefficient (Wildman–Crippen LogP) is 4.39. The van der Waals surface area contributed by atoms with Gasteiger partial charge in [0.1, 0.15) is 0 Å². The van der Waals surface area contributed by atoms with Gasteiger partial charge in [0, 0.05) is 10.9 Å². The minimum Gasteiger partial charge on any atom is -0.373 e. The number of hydrogen-bond acceptors (Lipinski definition) is 1. The molecular weight excluding hydrogens is 208 g/mol. The lowest BCUT2D eigenvalue weighted by Crippen LogP contribution is -2.23. The van der Waals surface area contributed by atoms with Crippen molar-refractivity contribution in [3.05, 3.63) is 34.3 Å². The van der Waals surface area contributed by atoms with Gasteiger partial charge < -0.3 is 4.74 Å². The fourth-order valence-electron chi connectivity index (χ4n) is 1.76. The van der Waals surface area contributed by atoms with Crippen molar-refractivity contribution in [3.8, 4) is 0 Å². The molecule has 0 spiro atoms. The number of benzene rings is 1. The molecule has 15 heavy (non-hydrogen) atoms. The van der Waals surface area contributed by atoms with Crippen LogP contribution >= 0.6 is 11.6 Å². The van der Waals surface area contributed by atoms with E-state index in [4.69, 9.17) is 16.3 Å². The number of rotatable bonds is 0. The second-order valence-electron chi connectivity index (χ2n) is 3.65. The van der Waals surface area contributed by atoms with Crippen LogP contribution in [0.25, 0.3) is 0 Å². The third kappa shape index (κ3) is 2.73. The van der Waals surface area contributed by atoms with Crippen molar-refractivity contribution in [1.29, 1.82) is 0 Å². The molecule has 0 N–H and O–H groups in total. The van der Waals surface area contributed by atoms with Crippen molar-refractivity contribution in [2.24, 2.45) is 0 Å². The smallest absolute Gasteiger partial charge is 0.0724 e. The van der Waals surface area contributed by atoms with Crippen LogP contribution in [-0.4, -0.2) is 6.10 Å². The highest BCUT2D eigenvalue weighted by Crippen LogP contribution is 2.32. The van der Waals surface area contributed by atoms with E-state index in [1.165, 1.54) is 11.1 Å². The molecule has 0 fully saturated rings. The monoisotopic (exact) mass is 226 g/mol. The lowest BCUT2D eigenvalue weighted by molar-refractivity contribution is 0.0242. The van der Waals surface area contributed by atoms with Gasteiger partial charge in [-0.2, -0.15) is 0 Å². The standard InChI is InChI=1S/C11H13ClO.C2H6/c1-7-8(2)13-6-9-5-10(12)3-4-11(7)9;1-2/h3-5,7-8H,6H2,1-2H3;1-2H3/t7?,8-;/m0./s1. The molecule has 1 heterocycles. The van der Waals surface area contributed by atoms with Gasteiger partial charge in [-0.15, -0.1) is 0 Å². The maximum Gasteiger partial charge on any atom is 0.0724 e. The Bertz CT molecular complexity index is 322. The van der Waals surface area contributed by atoms with Crippen molar-refractivity contribution in [3.63, 3.8) is 0 Å². The zero-order valence-corrected chi connectivity index (χ0v) is 10.6. The molecule has 1 aliphatic heterocycles. The molecule has 0 aliphatic carbocycles. The number of hydrogen-bond donors (Lipinski definition) is 0. The molecule has 1 aromatic carbocycles. The van der Waals surface area contributed by atoms with E-state index < -0.39 is 0 Å². The summed E-state index contributed by atoms with van der Waals surface area (Å²) in [6.07, 6.45) is 0.314. The van der Waals surface area contributed by atoms with Crippen LogP contribution in [0.5, 0.6) is 0 Å². The maximum absolute atomic E-state index is 5.91. The Morgan fingerprint density at radius 1 is 1.27 bits per heavy atom. The zero-order chi connectivity index (χ0) is 11.4. The quantitative estimate of drug-likeness (QED) is 0.638. The molecule has 1 nitrogen and oxygen atoms in total. The van der Waals surface area contributed by atoms with E-state index in [2.05, 4.69) is 19.9 Å². The van der Waals surface area contributed by atoms with Crippen LogP contribution in [0.4, 0.5) is 0 Å². The van der Waals surface area contributed by atoms with Crippen molar-refractivity contribution < 1.29 is 4.74 Å². The summed E-state index contributed by atoms with van der Waals surface area (Å²) in [5.74, 6) is 0.473. The van der Waals surface area contributed by atoms with Crippen molar-refractivity contribution in [2.75, 3.05) is 0 Å². The molecule has 0 aromatic heterocycles. The van der Waals surface area contributed by atoms with Crippen LogP contribution in [0, 0.1) is 0 Å². The van der Waals surface area contributed by atoms with Gasteiger partial charge in [0.25, 0.3) is 0 Å². The van der Waals surface area contributed by atoms with Crippen molar-refractivity contribution in [1.82, 2.24) is 0 Å². The average Bonchev–Trinajstić information content (AvgIpc) is 2.26. The van der Waals surface area contributed by atoms with Crippen molar-refractivity contribution >= 4 is 11.6 Å². The summed E-state index contributed by atoms with van der Waals surface area (Å²) in [5.41, 5.74) is 2.61. The highest BCUT2D eigenvalue weighted by molar-refractivity contribution is 6.30. The summed E-state index contributed by atoms with van der Waals surface area (Å²) in [5, 5.41) is 0.795. The summed E-state index contributed by atoms with van der Waals surface area (Å²) in [7, 11) is 0. The summed E-state index contributed by atoms with van der Waals surface area (Å²) in [6.45, 7) is 9.00.